The number of benzene rings is 1. The van der Waals surface area contributed by atoms with E-state index in [1.807, 2.05) is 0 Å². The number of aromatic hydroxyl groups is 1. The Morgan fingerprint density at radius 3 is 2.83 bits per heavy atom. The van der Waals surface area contributed by atoms with E-state index in [4.69, 9.17) is 16.1 Å². The van der Waals surface area contributed by atoms with Gasteiger partial charge < -0.3 is 14.5 Å². The van der Waals surface area contributed by atoms with Crippen LogP contribution in [0, 0.1) is 0 Å². The number of aromatic nitrogens is 2. The van der Waals surface area contributed by atoms with Gasteiger partial charge >= 0.3 is 0 Å². The molecule has 0 bridgehead atoms. The molecule has 1 aliphatic rings. The minimum atomic E-state index is 0.0796. The molecule has 2 heterocycles. The number of phenols is 1. The van der Waals surface area contributed by atoms with E-state index in [0.717, 1.165) is 25.9 Å². The van der Waals surface area contributed by atoms with E-state index in [9.17, 15) is 5.11 Å². The third-order valence-corrected chi connectivity index (χ3v) is 3.23. The van der Waals surface area contributed by atoms with Crippen LogP contribution in [0.15, 0.2) is 22.7 Å². The monoisotopic (exact) mass is 265 g/mol. The van der Waals surface area contributed by atoms with E-state index < -0.39 is 0 Å². The highest BCUT2D eigenvalue weighted by molar-refractivity contribution is 6.30. The van der Waals surface area contributed by atoms with Crippen molar-refractivity contribution in [3.63, 3.8) is 0 Å². The summed E-state index contributed by atoms with van der Waals surface area (Å²) in [5.74, 6) is 0.940. The van der Waals surface area contributed by atoms with Gasteiger partial charge in [0, 0.05) is 18.1 Å². The van der Waals surface area contributed by atoms with Gasteiger partial charge in [0.25, 0.3) is 11.8 Å². The first kappa shape index (κ1) is 11.3. The third-order valence-electron chi connectivity index (χ3n) is 2.99. The van der Waals surface area contributed by atoms with Gasteiger partial charge in [-0.1, -0.05) is 11.6 Å². The third kappa shape index (κ3) is 2.01. The Balaban J connectivity index is 1.94. The molecule has 1 aromatic carbocycles. The van der Waals surface area contributed by atoms with Crippen molar-refractivity contribution in [2.45, 2.75) is 12.8 Å². The first-order valence-corrected chi connectivity index (χ1v) is 6.19. The van der Waals surface area contributed by atoms with Gasteiger partial charge in [0.1, 0.15) is 5.75 Å². The van der Waals surface area contributed by atoms with Gasteiger partial charge in [0.05, 0.1) is 5.56 Å². The van der Waals surface area contributed by atoms with E-state index in [0.29, 0.717) is 16.5 Å². The van der Waals surface area contributed by atoms with Crippen molar-refractivity contribution in [3.05, 3.63) is 23.2 Å². The molecule has 5 nitrogen and oxygen atoms in total. The van der Waals surface area contributed by atoms with E-state index in [2.05, 4.69) is 15.0 Å². The van der Waals surface area contributed by atoms with Crippen LogP contribution in [0.3, 0.4) is 0 Å². The molecule has 6 heteroatoms. The van der Waals surface area contributed by atoms with Gasteiger partial charge in [-0.3, -0.25) is 0 Å². The van der Waals surface area contributed by atoms with Crippen molar-refractivity contribution in [2.24, 2.45) is 0 Å². The maximum absolute atomic E-state index is 9.76. The number of anilines is 1. The fraction of sp³-hybridized carbons (Fsp3) is 0.333. The summed E-state index contributed by atoms with van der Waals surface area (Å²) < 4.78 is 5.18. The summed E-state index contributed by atoms with van der Waals surface area (Å²) in [6, 6.07) is 4.73. The molecule has 0 saturated carbocycles. The molecule has 0 atom stereocenters. The molecule has 0 spiro atoms. The van der Waals surface area contributed by atoms with Gasteiger partial charge in [-0.2, -0.15) is 4.98 Å². The highest BCUT2D eigenvalue weighted by Gasteiger charge is 2.20. The maximum Gasteiger partial charge on any atom is 0.266 e. The molecule has 18 heavy (non-hydrogen) atoms. The SMILES string of the molecule is Oc1ccc(Cl)cc1-c1nc(N2CCCC2)no1. The molecule has 0 amide bonds. The number of phenolic OH excluding ortho intramolecular Hbond substituents is 1. The van der Waals surface area contributed by atoms with Crippen molar-refractivity contribution < 1.29 is 9.63 Å². The van der Waals surface area contributed by atoms with Gasteiger partial charge in [-0.15, -0.1) is 0 Å². The van der Waals surface area contributed by atoms with Crippen LogP contribution < -0.4 is 4.90 Å². The predicted molar refractivity (Wildman–Crippen MR) is 67.9 cm³/mol. The number of rotatable bonds is 2. The highest BCUT2D eigenvalue weighted by atomic mass is 35.5. The fourth-order valence-electron chi connectivity index (χ4n) is 2.05. The number of hydrogen-bond acceptors (Lipinski definition) is 5. The Labute approximate surface area is 109 Å². The quantitative estimate of drug-likeness (QED) is 0.905. The molecular formula is C12H12ClN3O2. The van der Waals surface area contributed by atoms with Crippen molar-refractivity contribution in [1.29, 1.82) is 0 Å². The van der Waals surface area contributed by atoms with Crippen LogP contribution >= 0.6 is 11.6 Å². The van der Waals surface area contributed by atoms with Gasteiger partial charge in [-0.25, -0.2) is 0 Å². The number of hydrogen-bond donors (Lipinski definition) is 1. The van der Waals surface area contributed by atoms with Crippen LogP contribution in [0.5, 0.6) is 5.75 Å². The average Bonchev–Trinajstić information content (AvgIpc) is 3.00. The first-order chi connectivity index (χ1) is 8.74. The van der Waals surface area contributed by atoms with E-state index in [1.165, 1.54) is 6.07 Å². The first-order valence-electron chi connectivity index (χ1n) is 5.81. The van der Waals surface area contributed by atoms with Crippen LogP contribution in [-0.2, 0) is 0 Å². The Kier molecular flexibility index (Phi) is 2.83. The number of halogens is 1. The van der Waals surface area contributed by atoms with Crippen LogP contribution in [0.1, 0.15) is 12.8 Å². The summed E-state index contributed by atoms with van der Waals surface area (Å²) in [6.07, 6.45) is 2.29. The molecule has 1 aliphatic heterocycles. The lowest BCUT2D eigenvalue weighted by atomic mass is 10.2. The largest absolute Gasteiger partial charge is 0.507 e. The predicted octanol–water partition coefficient (Wildman–Crippen LogP) is 2.70. The van der Waals surface area contributed by atoms with Crippen molar-refractivity contribution in [3.8, 4) is 17.2 Å². The lowest BCUT2D eigenvalue weighted by molar-refractivity contribution is 0.424. The van der Waals surface area contributed by atoms with Crippen molar-refractivity contribution in [1.82, 2.24) is 10.1 Å². The van der Waals surface area contributed by atoms with Crippen LogP contribution in [0.2, 0.25) is 5.02 Å². The number of nitrogens with zero attached hydrogens (tertiary/aromatic N) is 3. The molecule has 3 rings (SSSR count). The van der Waals surface area contributed by atoms with E-state index >= 15 is 0 Å². The second-order valence-corrected chi connectivity index (χ2v) is 4.69. The zero-order valence-electron chi connectivity index (χ0n) is 9.64. The molecule has 1 fully saturated rings. The van der Waals surface area contributed by atoms with Crippen LogP contribution in [0.25, 0.3) is 11.5 Å². The Morgan fingerprint density at radius 1 is 1.28 bits per heavy atom. The smallest absolute Gasteiger partial charge is 0.266 e. The van der Waals surface area contributed by atoms with E-state index in [1.54, 1.807) is 12.1 Å². The average molecular weight is 266 g/mol. The van der Waals surface area contributed by atoms with Gasteiger partial charge in [0.15, 0.2) is 0 Å². The van der Waals surface area contributed by atoms with Crippen LogP contribution in [0.4, 0.5) is 5.95 Å². The molecular weight excluding hydrogens is 254 g/mol. The van der Waals surface area contributed by atoms with Gasteiger partial charge in [0.2, 0.25) is 0 Å². The summed E-state index contributed by atoms with van der Waals surface area (Å²) in [6.45, 7) is 1.89. The summed E-state index contributed by atoms with van der Waals surface area (Å²) in [4.78, 5) is 6.36. The molecule has 94 valence electrons. The fourth-order valence-corrected chi connectivity index (χ4v) is 2.22. The molecule has 1 saturated heterocycles. The van der Waals surface area contributed by atoms with Crippen LogP contribution in [-0.4, -0.2) is 28.3 Å². The summed E-state index contributed by atoms with van der Waals surface area (Å²) >= 11 is 5.89. The molecule has 2 aromatic rings. The van der Waals surface area contributed by atoms with Crippen molar-refractivity contribution in [2.75, 3.05) is 18.0 Å². The Bertz CT molecular complexity index is 564. The van der Waals surface area contributed by atoms with Crippen molar-refractivity contribution >= 4 is 17.5 Å². The lowest BCUT2D eigenvalue weighted by Gasteiger charge is -2.09. The zero-order chi connectivity index (χ0) is 12.5. The minimum Gasteiger partial charge on any atom is -0.507 e. The molecule has 1 aromatic heterocycles. The van der Waals surface area contributed by atoms with E-state index in [-0.39, 0.29) is 11.6 Å². The second kappa shape index (κ2) is 4.49. The molecule has 0 radical (unpaired) electrons. The van der Waals surface area contributed by atoms with Gasteiger partial charge in [-0.05, 0) is 36.2 Å². The summed E-state index contributed by atoms with van der Waals surface area (Å²) in [5, 5.41) is 14.2. The Morgan fingerprint density at radius 2 is 2.06 bits per heavy atom. The highest BCUT2D eigenvalue weighted by Crippen LogP contribution is 2.31. The minimum absolute atomic E-state index is 0.0796. The molecule has 1 N–H and O–H groups in total. The standard InChI is InChI=1S/C12H12ClN3O2/c13-8-3-4-10(17)9(7-8)11-14-12(15-18-11)16-5-1-2-6-16/h3-4,7,17H,1-2,5-6H2. The molecule has 0 unspecified atom stereocenters. The molecule has 0 aliphatic carbocycles. The summed E-state index contributed by atoms with van der Waals surface area (Å²) in [5.41, 5.74) is 0.459. The Hall–Kier alpha value is -1.75. The zero-order valence-corrected chi connectivity index (χ0v) is 10.4. The lowest BCUT2D eigenvalue weighted by Crippen LogP contribution is -2.18. The summed E-state index contributed by atoms with van der Waals surface area (Å²) in [7, 11) is 0. The topological polar surface area (TPSA) is 62.4 Å². The normalized spacial score (nSPS) is 15.3. The maximum atomic E-state index is 9.76. The second-order valence-electron chi connectivity index (χ2n) is 4.26.